The third kappa shape index (κ3) is 5.13. The van der Waals surface area contributed by atoms with E-state index in [4.69, 9.17) is 0 Å². The maximum Gasteiger partial charge on any atom is 0.271 e. The predicted octanol–water partition coefficient (Wildman–Crippen LogP) is 2.97. The van der Waals surface area contributed by atoms with Crippen LogP contribution >= 0.6 is 0 Å². The second-order valence-corrected chi connectivity index (χ2v) is 5.68. The lowest BCUT2D eigenvalue weighted by Crippen LogP contribution is -2.27. The molecule has 0 aliphatic carbocycles. The van der Waals surface area contributed by atoms with E-state index < -0.39 is 4.92 Å². The molecule has 0 radical (unpaired) electrons. The van der Waals surface area contributed by atoms with Gasteiger partial charge in [-0.05, 0) is 31.5 Å². The normalized spacial score (nSPS) is 10.2. The zero-order chi connectivity index (χ0) is 18.4. The fourth-order valence-electron chi connectivity index (χ4n) is 2.25. The van der Waals surface area contributed by atoms with E-state index in [0.29, 0.717) is 11.3 Å². The number of aryl methyl sites for hydroxylation is 2. The largest absolute Gasteiger partial charge is 0.352 e. The first kappa shape index (κ1) is 18.1. The van der Waals surface area contributed by atoms with Gasteiger partial charge in [-0.2, -0.15) is 0 Å². The molecule has 0 heterocycles. The zero-order valence-corrected chi connectivity index (χ0v) is 14.0. The number of anilines is 1. The van der Waals surface area contributed by atoms with E-state index in [-0.39, 0.29) is 30.5 Å². The van der Waals surface area contributed by atoms with Gasteiger partial charge in [0.2, 0.25) is 5.91 Å². The van der Waals surface area contributed by atoms with Gasteiger partial charge in [-0.3, -0.25) is 19.7 Å². The molecule has 2 amide bonds. The lowest BCUT2D eigenvalue weighted by molar-refractivity contribution is -0.384. The number of hydrogen-bond acceptors (Lipinski definition) is 4. The highest BCUT2D eigenvalue weighted by atomic mass is 16.6. The van der Waals surface area contributed by atoms with E-state index in [1.807, 2.05) is 13.0 Å². The van der Waals surface area contributed by atoms with Gasteiger partial charge in [-0.25, -0.2) is 0 Å². The smallest absolute Gasteiger partial charge is 0.271 e. The Labute approximate surface area is 145 Å². The molecule has 0 spiro atoms. The SMILES string of the molecule is Cc1cccc(C(=O)NCCC(=O)Nc2cc([N+](=O)[O-])ccc2C)c1. The van der Waals surface area contributed by atoms with Crippen LogP contribution < -0.4 is 10.6 Å². The Kier molecular flexibility index (Phi) is 5.84. The van der Waals surface area contributed by atoms with Crippen LogP contribution in [-0.2, 0) is 4.79 Å². The number of amides is 2. The summed E-state index contributed by atoms with van der Waals surface area (Å²) in [5, 5.41) is 16.1. The Bertz CT molecular complexity index is 818. The number of carbonyl (C=O) groups excluding carboxylic acids is 2. The first-order valence-corrected chi connectivity index (χ1v) is 7.76. The number of non-ortho nitro benzene ring substituents is 1. The van der Waals surface area contributed by atoms with Crippen LogP contribution in [0.3, 0.4) is 0 Å². The van der Waals surface area contributed by atoms with E-state index in [0.717, 1.165) is 11.1 Å². The van der Waals surface area contributed by atoms with Crippen LogP contribution in [0.1, 0.15) is 27.9 Å². The lowest BCUT2D eigenvalue weighted by atomic mass is 10.1. The molecule has 130 valence electrons. The molecule has 0 unspecified atom stereocenters. The molecule has 7 nitrogen and oxygen atoms in total. The van der Waals surface area contributed by atoms with Crippen molar-refractivity contribution >= 4 is 23.2 Å². The first-order chi connectivity index (χ1) is 11.9. The van der Waals surface area contributed by atoms with Crippen LogP contribution in [0.15, 0.2) is 42.5 Å². The van der Waals surface area contributed by atoms with Crippen molar-refractivity contribution in [2.75, 3.05) is 11.9 Å². The van der Waals surface area contributed by atoms with Crippen LogP contribution in [0.25, 0.3) is 0 Å². The number of benzene rings is 2. The quantitative estimate of drug-likeness (QED) is 0.623. The third-order valence-corrected chi connectivity index (χ3v) is 3.62. The molecular weight excluding hydrogens is 322 g/mol. The van der Waals surface area contributed by atoms with Crippen LogP contribution in [0.2, 0.25) is 0 Å². The van der Waals surface area contributed by atoms with Gasteiger partial charge >= 0.3 is 0 Å². The molecule has 2 aromatic carbocycles. The monoisotopic (exact) mass is 341 g/mol. The van der Waals surface area contributed by atoms with Crippen molar-refractivity contribution in [1.29, 1.82) is 0 Å². The van der Waals surface area contributed by atoms with Gasteiger partial charge < -0.3 is 10.6 Å². The molecule has 25 heavy (non-hydrogen) atoms. The molecular formula is C18H19N3O4. The number of rotatable bonds is 6. The molecule has 0 aliphatic rings. The highest BCUT2D eigenvalue weighted by Crippen LogP contribution is 2.21. The lowest BCUT2D eigenvalue weighted by Gasteiger charge is -2.09. The topological polar surface area (TPSA) is 101 Å². The molecule has 0 bridgehead atoms. The molecule has 0 aromatic heterocycles. The van der Waals surface area contributed by atoms with Crippen molar-refractivity contribution in [2.45, 2.75) is 20.3 Å². The standard InChI is InChI=1S/C18H19N3O4/c1-12-4-3-5-14(10-12)18(23)19-9-8-17(22)20-16-11-15(21(24)25)7-6-13(16)2/h3-7,10-11H,8-9H2,1-2H3,(H,19,23)(H,20,22). The second kappa shape index (κ2) is 8.05. The maximum absolute atomic E-state index is 12.0. The summed E-state index contributed by atoms with van der Waals surface area (Å²) in [6.45, 7) is 3.82. The van der Waals surface area contributed by atoms with Gasteiger partial charge in [0.15, 0.2) is 0 Å². The molecule has 2 aromatic rings. The van der Waals surface area contributed by atoms with Gasteiger partial charge in [0, 0.05) is 30.7 Å². The maximum atomic E-state index is 12.0. The summed E-state index contributed by atoms with van der Waals surface area (Å²) in [7, 11) is 0. The molecule has 0 aliphatic heterocycles. The Morgan fingerprint density at radius 2 is 1.88 bits per heavy atom. The zero-order valence-electron chi connectivity index (χ0n) is 14.0. The van der Waals surface area contributed by atoms with Gasteiger partial charge in [0.25, 0.3) is 11.6 Å². The van der Waals surface area contributed by atoms with E-state index in [1.165, 1.54) is 12.1 Å². The number of carbonyl (C=O) groups is 2. The molecule has 2 N–H and O–H groups in total. The number of nitrogens with one attached hydrogen (secondary N) is 2. The van der Waals surface area contributed by atoms with E-state index in [2.05, 4.69) is 10.6 Å². The van der Waals surface area contributed by atoms with Gasteiger partial charge in [-0.1, -0.05) is 23.8 Å². The summed E-state index contributed by atoms with van der Waals surface area (Å²) >= 11 is 0. The Morgan fingerprint density at radius 1 is 1.12 bits per heavy atom. The third-order valence-electron chi connectivity index (χ3n) is 3.62. The average Bonchev–Trinajstić information content (AvgIpc) is 2.56. The van der Waals surface area contributed by atoms with Crippen molar-refractivity contribution in [1.82, 2.24) is 5.32 Å². The molecule has 0 atom stereocenters. The Morgan fingerprint density at radius 3 is 2.56 bits per heavy atom. The van der Waals surface area contributed by atoms with Gasteiger partial charge in [0.05, 0.1) is 10.6 Å². The molecule has 7 heteroatoms. The summed E-state index contributed by atoms with van der Waals surface area (Å²) in [5.74, 6) is -0.573. The van der Waals surface area contributed by atoms with Crippen molar-refractivity contribution < 1.29 is 14.5 Å². The average molecular weight is 341 g/mol. The van der Waals surface area contributed by atoms with E-state index in [1.54, 1.807) is 31.2 Å². The summed E-state index contributed by atoms with van der Waals surface area (Å²) in [4.78, 5) is 34.3. The van der Waals surface area contributed by atoms with E-state index >= 15 is 0 Å². The highest BCUT2D eigenvalue weighted by Gasteiger charge is 2.11. The van der Waals surface area contributed by atoms with Crippen molar-refractivity contribution in [3.8, 4) is 0 Å². The van der Waals surface area contributed by atoms with Crippen LogP contribution in [0, 0.1) is 24.0 Å². The summed E-state index contributed by atoms with van der Waals surface area (Å²) in [6, 6.07) is 11.4. The molecule has 0 fully saturated rings. The second-order valence-electron chi connectivity index (χ2n) is 5.68. The van der Waals surface area contributed by atoms with Crippen LogP contribution in [-0.4, -0.2) is 23.3 Å². The Balaban J connectivity index is 1.88. The minimum atomic E-state index is -0.517. The van der Waals surface area contributed by atoms with Crippen LogP contribution in [0.5, 0.6) is 0 Å². The number of hydrogen-bond donors (Lipinski definition) is 2. The highest BCUT2D eigenvalue weighted by molar-refractivity contribution is 5.95. The molecule has 2 rings (SSSR count). The minimum absolute atomic E-state index is 0.0691. The van der Waals surface area contributed by atoms with E-state index in [9.17, 15) is 19.7 Å². The predicted molar refractivity (Wildman–Crippen MR) is 94.6 cm³/mol. The van der Waals surface area contributed by atoms with Crippen molar-refractivity contribution in [3.63, 3.8) is 0 Å². The van der Waals surface area contributed by atoms with Crippen LogP contribution in [0.4, 0.5) is 11.4 Å². The number of nitrogens with zero attached hydrogens (tertiary/aromatic N) is 1. The fraction of sp³-hybridized carbons (Fsp3) is 0.222. The van der Waals surface area contributed by atoms with Crippen molar-refractivity contribution in [2.24, 2.45) is 0 Å². The first-order valence-electron chi connectivity index (χ1n) is 7.76. The molecule has 0 saturated carbocycles. The number of nitro benzene ring substituents is 1. The minimum Gasteiger partial charge on any atom is -0.352 e. The Hall–Kier alpha value is -3.22. The summed E-state index contributed by atoms with van der Waals surface area (Å²) in [5.41, 5.74) is 2.54. The summed E-state index contributed by atoms with van der Waals surface area (Å²) < 4.78 is 0. The number of nitro groups is 1. The molecule has 0 saturated heterocycles. The van der Waals surface area contributed by atoms with Gasteiger partial charge in [0.1, 0.15) is 0 Å². The van der Waals surface area contributed by atoms with Gasteiger partial charge in [-0.15, -0.1) is 0 Å². The van der Waals surface area contributed by atoms with Crippen molar-refractivity contribution in [3.05, 3.63) is 69.3 Å². The summed E-state index contributed by atoms with van der Waals surface area (Å²) in [6.07, 6.45) is 0.0691. The fourth-order valence-corrected chi connectivity index (χ4v) is 2.25.